The Bertz CT molecular complexity index is 624. The highest BCUT2D eigenvalue weighted by atomic mass is 32.1. The Labute approximate surface area is 115 Å². The van der Waals surface area contributed by atoms with Gasteiger partial charge in [0.2, 0.25) is 0 Å². The van der Waals surface area contributed by atoms with Crippen molar-refractivity contribution in [2.75, 3.05) is 25.5 Å². The lowest BCUT2D eigenvalue weighted by Crippen LogP contribution is -2.14. The maximum absolute atomic E-state index is 11.7. The molecule has 2 aromatic heterocycles. The van der Waals surface area contributed by atoms with E-state index in [-0.39, 0.29) is 5.97 Å². The Morgan fingerprint density at radius 3 is 2.79 bits per heavy atom. The monoisotopic (exact) mass is 280 g/mol. The summed E-state index contributed by atoms with van der Waals surface area (Å²) in [5.41, 5.74) is 6.33. The van der Waals surface area contributed by atoms with Gasteiger partial charge in [0, 0.05) is 13.1 Å². The van der Waals surface area contributed by atoms with Gasteiger partial charge in [0.1, 0.15) is 21.3 Å². The molecule has 0 unspecified atom stereocenters. The average molecular weight is 280 g/mol. The standard InChI is InChI=1S/C12H16N4O2S/c1-6-8-10(14-5-4-13)15-7(2)16-11(8)19-9(6)12(17)18-3/h4-5,13H2,1-3H3,(H,14,15,16). The second kappa shape index (κ2) is 5.50. The van der Waals surface area contributed by atoms with Crippen molar-refractivity contribution in [2.24, 2.45) is 5.73 Å². The molecule has 0 aliphatic heterocycles. The maximum atomic E-state index is 11.7. The van der Waals surface area contributed by atoms with Crippen molar-refractivity contribution in [1.29, 1.82) is 0 Å². The molecule has 2 aromatic rings. The van der Waals surface area contributed by atoms with Gasteiger partial charge in [-0.05, 0) is 19.4 Å². The van der Waals surface area contributed by atoms with Gasteiger partial charge in [0.05, 0.1) is 12.5 Å². The van der Waals surface area contributed by atoms with Crippen molar-refractivity contribution in [3.63, 3.8) is 0 Å². The molecule has 0 saturated carbocycles. The summed E-state index contributed by atoms with van der Waals surface area (Å²) >= 11 is 1.32. The van der Waals surface area contributed by atoms with E-state index >= 15 is 0 Å². The quantitative estimate of drug-likeness (QED) is 0.824. The fourth-order valence-electron chi connectivity index (χ4n) is 1.85. The number of carbonyl (C=O) groups is 1. The normalized spacial score (nSPS) is 10.7. The van der Waals surface area contributed by atoms with Crippen LogP contribution in [0.2, 0.25) is 0 Å². The minimum absolute atomic E-state index is 0.345. The highest BCUT2D eigenvalue weighted by Crippen LogP contribution is 2.34. The molecule has 0 saturated heterocycles. The van der Waals surface area contributed by atoms with Crippen molar-refractivity contribution in [1.82, 2.24) is 9.97 Å². The number of hydrogen-bond acceptors (Lipinski definition) is 7. The van der Waals surface area contributed by atoms with E-state index in [4.69, 9.17) is 10.5 Å². The number of ether oxygens (including phenoxy) is 1. The Kier molecular flexibility index (Phi) is 3.96. The first kappa shape index (κ1) is 13.7. The molecule has 0 atom stereocenters. The van der Waals surface area contributed by atoms with Gasteiger partial charge in [-0.25, -0.2) is 14.8 Å². The van der Waals surface area contributed by atoms with E-state index in [9.17, 15) is 4.79 Å². The third-order valence-electron chi connectivity index (χ3n) is 2.71. The summed E-state index contributed by atoms with van der Waals surface area (Å²) in [5, 5.41) is 4.03. The Morgan fingerprint density at radius 1 is 1.42 bits per heavy atom. The smallest absolute Gasteiger partial charge is 0.348 e. The fourth-order valence-corrected chi connectivity index (χ4v) is 3.00. The summed E-state index contributed by atoms with van der Waals surface area (Å²) in [4.78, 5) is 21.8. The number of carbonyl (C=O) groups excluding carboxylic acids is 1. The molecular formula is C12H16N4O2S. The van der Waals surface area contributed by atoms with Crippen LogP contribution in [0.5, 0.6) is 0 Å². The van der Waals surface area contributed by atoms with Gasteiger partial charge >= 0.3 is 5.97 Å². The number of anilines is 1. The third-order valence-corrected chi connectivity index (χ3v) is 3.88. The second-order valence-electron chi connectivity index (χ2n) is 4.06. The molecule has 6 nitrogen and oxygen atoms in total. The molecule has 3 N–H and O–H groups in total. The zero-order chi connectivity index (χ0) is 14.0. The van der Waals surface area contributed by atoms with Gasteiger partial charge in [0.15, 0.2) is 0 Å². The molecule has 0 fully saturated rings. The van der Waals surface area contributed by atoms with Gasteiger partial charge in [-0.15, -0.1) is 11.3 Å². The summed E-state index contributed by atoms with van der Waals surface area (Å²) in [7, 11) is 1.37. The zero-order valence-electron chi connectivity index (χ0n) is 11.1. The SMILES string of the molecule is COC(=O)c1sc2nc(C)nc(NCCN)c2c1C. The Balaban J connectivity index is 2.61. The van der Waals surface area contributed by atoms with Gasteiger partial charge in [-0.1, -0.05) is 0 Å². The van der Waals surface area contributed by atoms with Crippen LogP contribution in [0.25, 0.3) is 10.2 Å². The van der Waals surface area contributed by atoms with Gasteiger partial charge < -0.3 is 15.8 Å². The first-order valence-corrected chi connectivity index (χ1v) is 6.70. The van der Waals surface area contributed by atoms with Gasteiger partial charge in [0.25, 0.3) is 0 Å². The van der Waals surface area contributed by atoms with Crippen LogP contribution in [0.1, 0.15) is 21.1 Å². The van der Waals surface area contributed by atoms with Crippen LogP contribution in [0.15, 0.2) is 0 Å². The zero-order valence-corrected chi connectivity index (χ0v) is 11.9. The molecule has 19 heavy (non-hydrogen) atoms. The van der Waals surface area contributed by atoms with Crippen molar-refractivity contribution in [3.8, 4) is 0 Å². The number of aromatic nitrogens is 2. The first-order valence-electron chi connectivity index (χ1n) is 5.88. The maximum Gasteiger partial charge on any atom is 0.348 e. The average Bonchev–Trinajstić information content (AvgIpc) is 2.72. The number of aryl methyl sites for hydroxylation is 2. The number of nitrogens with zero attached hydrogens (tertiary/aromatic N) is 2. The lowest BCUT2D eigenvalue weighted by molar-refractivity contribution is 0.0605. The number of methoxy groups -OCH3 is 1. The summed E-state index contributed by atoms with van der Waals surface area (Å²) in [6.45, 7) is 4.82. The molecule has 0 bridgehead atoms. The van der Waals surface area contributed by atoms with Crippen LogP contribution in [0, 0.1) is 13.8 Å². The van der Waals surface area contributed by atoms with Crippen LogP contribution < -0.4 is 11.1 Å². The molecule has 0 aromatic carbocycles. The number of nitrogens with two attached hydrogens (primary N) is 1. The van der Waals surface area contributed by atoms with Crippen LogP contribution in [-0.4, -0.2) is 36.1 Å². The predicted molar refractivity (Wildman–Crippen MR) is 75.8 cm³/mol. The van der Waals surface area contributed by atoms with Crippen LogP contribution in [-0.2, 0) is 4.74 Å². The highest BCUT2D eigenvalue weighted by Gasteiger charge is 2.20. The van der Waals surface area contributed by atoms with E-state index in [1.165, 1.54) is 18.4 Å². The minimum atomic E-state index is -0.345. The van der Waals surface area contributed by atoms with Crippen molar-refractivity contribution >= 4 is 33.3 Å². The van der Waals surface area contributed by atoms with Crippen LogP contribution in [0.4, 0.5) is 5.82 Å². The second-order valence-corrected chi connectivity index (χ2v) is 5.06. The lowest BCUT2D eigenvalue weighted by Gasteiger charge is -2.07. The molecular weight excluding hydrogens is 264 g/mol. The number of rotatable bonds is 4. The number of thiophene rings is 1. The van der Waals surface area contributed by atoms with E-state index < -0.39 is 0 Å². The minimum Gasteiger partial charge on any atom is -0.465 e. The summed E-state index contributed by atoms with van der Waals surface area (Å²) in [6, 6.07) is 0. The van der Waals surface area contributed by atoms with Gasteiger partial charge in [-0.3, -0.25) is 0 Å². The highest BCUT2D eigenvalue weighted by molar-refractivity contribution is 7.20. The molecule has 0 radical (unpaired) electrons. The Morgan fingerprint density at radius 2 is 2.16 bits per heavy atom. The van der Waals surface area contributed by atoms with Crippen molar-refractivity contribution in [2.45, 2.75) is 13.8 Å². The molecule has 2 rings (SSSR count). The molecule has 102 valence electrons. The van der Waals surface area contributed by atoms with E-state index in [2.05, 4.69) is 15.3 Å². The van der Waals surface area contributed by atoms with E-state index in [1.807, 2.05) is 13.8 Å². The van der Waals surface area contributed by atoms with Crippen LogP contribution >= 0.6 is 11.3 Å². The first-order chi connectivity index (χ1) is 9.08. The van der Waals surface area contributed by atoms with Crippen molar-refractivity contribution < 1.29 is 9.53 Å². The van der Waals surface area contributed by atoms with Crippen LogP contribution in [0.3, 0.4) is 0 Å². The third kappa shape index (κ3) is 2.52. The summed E-state index contributed by atoms with van der Waals surface area (Å²) < 4.78 is 4.78. The van der Waals surface area contributed by atoms with E-state index in [1.54, 1.807) is 0 Å². The number of hydrogen-bond donors (Lipinski definition) is 2. The van der Waals surface area contributed by atoms with E-state index in [0.29, 0.717) is 23.8 Å². The number of nitrogens with one attached hydrogen (secondary N) is 1. The van der Waals surface area contributed by atoms with E-state index in [0.717, 1.165) is 21.6 Å². The number of fused-ring (bicyclic) bond motifs is 1. The summed E-state index contributed by atoms with van der Waals surface area (Å²) in [5.74, 6) is 1.03. The predicted octanol–water partition coefficient (Wildman–Crippen LogP) is 1.47. The largest absolute Gasteiger partial charge is 0.465 e. The molecule has 0 spiro atoms. The summed E-state index contributed by atoms with van der Waals surface area (Å²) in [6.07, 6.45) is 0. The van der Waals surface area contributed by atoms with Gasteiger partial charge in [-0.2, -0.15) is 0 Å². The number of esters is 1. The molecule has 2 heterocycles. The lowest BCUT2D eigenvalue weighted by atomic mass is 10.2. The fraction of sp³-hybridized carbons (Fsp3) is 0.417. The van der Waals surface area contributed by atoms with Crippen molar-refractivity contribution in [3.05, 3.63) is 16.3 Å². The Hall–Kier alpha value is -1.73. The molecule has 7 heteroatoms. The topological polar surface area (TPSA) is 90.1 Å². The molecule has 0 aliphatic carbocycles. The molecule has 0 amide bonds. The molecule has 0 aliphatic rings.